The van der Waals surface area contributed by atoms with Gasteiger partial charge in [-0.25, -0.2) is 8.42 Å². The second-order valence-electron chi connectivity index (χ2n) is 3.76. The fourth-order valence-electron chi connectivity index (χ4n) is 1.56. The summed E-state index contributed by atoms with van der Waals surface area (Å²) < 4.78 is 24.4. The van der Waals surface area contributed by atoms with Crippen LogP contribution in [0.4, 0.5) is 0 Å². The molecule has 0 bridgehead atoms. The van der Waals surface area contributed by atoms with Gasteiger partial charge in [0.05, 0.1) is 9.79 Å². The van der Waals surface area contributed by atoms with E-state index in [1.165, 1.54) is 36.4 Å². The number of ketones is 1. The van der Waals surface area contributed by atoms with E-state index in [2.05, 4.69) is 6.92 Å². The van der Waals surface area contributed by atoms with Gasteiger partial charge in [0, 0.05) is 12.5 Å². The van der Waals surface area contributed by atoms with E-state index < -0.39 is 9.84 Å². The molecule has 0 aliphatic rings. The van der Waals surface area contributed by atoms with Crippen LogP contribution in [0.15, 0.2) is 64.4 Å². The molecule has 2 aromatic carbocycles. The van der Waals surface area contributed by atoms with Crippen molar-refractivity contribution in [3.63, 3.8) is 0 Å². The molecule has 91 valence electrons. The number of carbonyl (C=O) groups excluding carboxylic acids is 1. The summed E-state index contributed by atoms with van der Waals surface area (Å²) >= 11 is 0. The van der Waals surface area contributed by atoms with E-state index in [0.717, 1.165) is 0 Å². The highest BCUT2D eigenvalue weighted by Crippen LogP contribution is 2.20. The van der Waals surface area contributed by atoms with Crippen LogP contribution in [-0.4, -0.2) is 14.2 Å². The highest BCUT2D eigenvalue weighted by atomic mass is 32.2. The predicted octanol–water partition coefficient (Wildman–Crippen LogP) is 2.54. The first-order valence-electron chi connectivity index (χ1n) is 5.28. The Hall–Kier alpha value is -1.94. The zero-order valence-electron chi connectivity index (χ0n) is 9.54. The highest BCUT2D eigenvalue weighted by molar-refractivity contribution is 7.91. The first-order valence-corrected chi connectivity index (χ1v) is 6.76. The summed E-state index contributed by atoms with van der Waals surface area (Å²) in [6, 6.07) is 13.9. The molecule has 0 aliphatic heterocycles. The van der Waals surface area contributed by atoms with Crippen LogP contribution in [0.25, 0.3) is 0 Å². The average Bonchev–Trinajstić information content (AvgIpc) is 2.40. The number of benzene rings is 2. The van der Waals surface area contributed by atoms with E-state index >= 15 is 0 Å². The Morgan fingerprint density at radius 3 is 1.83 bits per heavy atom. The minimum Gasteiger partial charge on any atom is -0.294 e. The van der Waals surface area contributed by atoms with Crippen LogP contribution < -0.4 is 0 Å². The quantitative estimate of drug-likeness (QED) is 0.796. The van der Waals surface area contributed by atoms with Gasteiger partial charge in [0.25, 0.3) is 0 Å². The molecule has 0 heterocycles. The molecule has 0 spiro atoms. The predicted molar refractivity (Wildman–Crippen MR) is 68.0 cm³/mol. The van der Waals surface area contributed by atoms with E-state index in [4.69, 9.17) is 0 Å². The van der Waals surface area contributed by atoms with Crippen LogP contribution in [0.1, 0.15) is 10.4 Å². The van der Waals surface area contributed by atoms with Gasteiger partial charge in [-0.3, -0.25) is 4.79 Å². The monoisotopic (exact) mass is 259 g/mol. The maximum absolute atomic E-state index is 12.2. The normalized spacial score (nSPS) is 11.2. The molecule has 0 unspecified atom stereocenters. The van der Waals surface area contributed by atoms with Crippen molar-refractivity contribution in [1.29, 1.82) is 0 Å². The standard InChI is InChI=1S/C14H11O3S/c1-11(15)12-7-9-14(10-8-12)18(16,17)13-5-3-2-4-6-13/h2-10H,1H2. The van der Waals surface area contributed by atoms with Crippen molar-refractivity contribution in [1.82, 2.24) is 0 Å². The Labute approximate surface area is 106 Å². The molecule has 18 heavy (non-hydrogen) atoms. The Morgan fingerprint density at radius 1 is 0.833 bits per heavy atom. The summed E-state index contributed by atoms with van der Waals surface area (Å²) in [6.45, 7) is 3.27. The van der Waals surface area contributed by atoms with Gasteiger partial charge in [-0.1, -0.05) is 30.3 Å². The van der Waals surface area contributed by atoms with Crippen LogP contribution in [-0.2, 0) is 9.84 Å². The molecule has 2 aromatic rings. The number of hydrogen-bond acceptors (Lipinski definition) is 3. The summed E-state index contributed by atoms with van der Waals surface area (Å²) in [5.74, 6) is -0.335. The summed E-state index contributed by atoms with van der Waals surface area (Å²) in [4.78, 5) is 11.4. The lowest BCUT2D eigenvalue weighted by molar-refractivity contribution is 0.104. The lowest BCUT2D eigenvalue weighted by atomic mass is 10.2. The zero-order valence-corrected chi connectivity index (χ0v) is 10.4. The Kier molecular flexibility index (Phi) is 3.30. The average molecular weight is 259 g/mol. The second-order valence-corrected chi connectivity index (χ2v) is 5.71. The van der Waals surface area contributed by atoms with Gasteiger partial charge in [-0.05, 0) is 24.3 Å². The van der Waals surface area contributed by atoms with Gasteiger partial charge in [-0.15, -0.1) is 0 Å². The summed E-state index contributed by atoms with van der Waals surface area (Å²) in [6.07, 6.45) is 0. The van der Waals surface area contributed by atoms with Crippen LogP contribution in [0.5, 0.6) is 0 Å². The van der Waals surface area contributed by atoms with Crippen LogP contribution in [0.2, 0.25) is 0 Å². The van der Waals surface area contributed by atoms with Crippen molar-refractivity contribution >= 4 is 15.6 Å². The largest absolute Gasteiger partial charge is 0.294 e. The van der Waals surface area contributed by atoms with Gasteiger partial charge in [0.15, 0.2) is 5.78 Å². The van der Waals surface area contributed by atoms with Crippen molar-refractivity contribution in [3.05, 3.63) is 67.1 Å². The molecule has 4 heteroatoms. The van der Waals surface area contributed by atoms with Crippen molar-refractivity contribution in [2.45, 2.75) is 9.79 Å². The molecule has 1 radical (unpaired) electrons. The molecule has 3 nitrogen and oxygen atoms in total. The third-order valence-corrected chi connectivity index (χ3v) is 4.33. The number of hydrogen-bond donors (Lipinski definition) is 0. The maximum Gasteiger partial charge on any atom is 0.206 e. The first kappa shape index (κ1) is 12.5. The fourth-order valence-corrected chi connectivity index (χ4v) is 2.84. The zero-order chi connectivity index (χ0) is 13.2. The molecule has 0 atom stereocenters. The van der Waals surface area contributed by atoms with Crippen molar-refractivity contribution in [2.24, 2.45) is 0 Å². The minimum absolute atomic E-state index is 0.165. The van der Waals surface area contributed by atoms with Crippen molar-refractivity contribution in [3.8, 4) is 0 Å². The maximum atomic E-state index is 12.2. The Balaban J connectivity index is 2.46. The van der Waals surface area contributed by atoms with E-state index in [-0.39, 0.29) is 15.6 Å². The number of rotatable bonds is 3. The van der Waals surface area contributed by atoms with Crippen LogP contribution >= 0.6 is 0 Å². The van der Waals surface area contributed by atoms with Crippen molar-refractivity contribution < 1.29 is 13.2 Å². The van der Waals surface area contributed by atoms with E-state index in [0.29, 0.717) is 5.56 Å². The number of sulfone groups is 1. The SMILES string of the molecule is [CH2]C(=O)c1ccc(S(=O)(=O)c2ccccc2)cc1. The fraction of sp³-hybridized carbons (Fsp3) is 0. The van der Waals surface area contributed by atoms with Gasteiger partial charge in [-0.2, -0.15) is 0 Å². The second kappa shape index (κ2) is 4.74. The van der Waals surface area contributed by atoms with E-state index in [9.17, 15) is 13.2 Å². The summed E-state index contributed by atoms with van der Waals surface area (Å²) in [5, 5.41) is 0. The molecular weight excluding hydrogens is 248 g/mol. The Morgan fingerprint density at radius 2 is 1.33 bits per heavy atom. The lowest BCUT2D eigenvalue weighted by Crippen LogP contribution is -2.02. The van der Waals surface area contributed by atoms with Crippen molar-refractivity contribution in [2.75, 3.05) is 0 Å². The van der Waals surface area contributed by atoms with Gasteiger partial charge >= 0.3 is 0 Å². The first-order chi connectivity index (χ1) is 8.51. The molecule has 2 rings (SSSR count). The molecule has 0 saturated carbocycles. The molecule has 0 N–H and O–H groups in total. The smallest absolute Gasteiger partial charge is 0.206 e. The third kappa shape index (κ3) is 2.33. The molecule has 0 aromatic heterocycles. The number of carbonyl (C=O) groups is 1. The van der Waals surface area contributed by atoms with E-state index in [1.54, 1.807) is 18.2 Å². The summed E-state index contributed by atoms with van der Waals surface area (Å²) in [5.41, 5.74) is 0.391. The number of Topliss-reactive ketones (excluding diaryl/α,β-unsaturated/α-hetero) is 1. The highest BCUT2D eigenvalue weighted by Gasteiger charge is 2.16. The van der Waals surface area contributed by atoms with E-state index in [1.807, 2.05) is 0 Å². The topological polar surface area (TPSA) is 51.2 Å². The third-order valence-electron chi connectivity index (χ3n) is 2.54. The van der Waals surface area contributed by atoms with Gasteiger partial charge in [0.2, 0.25) is 9.84 Å². The summed E-state index contributed by atoms with van der Waals surface area (Å²) in [7, 11) is -3.51. The molecule has 0 aliphatic carbocycles. The molecular formula is C14H11O3S. The Bertz CT molecular complexity index is 656. The van der Waals surface area contributed by atoms with Gasteiger partial charge < -0.3 is 0 Å². The van der Waals surface area contributed by atoms with Gasteiger partial charge in [0.1, 0.15) is 0 Å². The molecule has 0 amide bonds. The molecule has 0 fully saturated rings. The lowest BCUT2D eigenvalue weighted by Gasteiger charge is -2.04. The van der Waals surface area contributed by atoms with Crippen LogP contribution in [0.3, 0.4) is 0 Å². The molecule has 0 saturated heterocycles. The minimum atomic E-state index is -3.51. The van der Waals surface area contributed by atoms with Crippen LogP contribution in [0, 0.1) is 6.92 Å².